The van der Waals surface area contributed by atoms with E-state index in [-0.39, 0.29) is 18.2 Å². The minimum atomic E-state index is -0.686. The zero-order chi connectivity index (χ0) is 20.5. The summed E-state index contributed by atoms with van der Waals surface area (Å²) in [5, 5.41) is 4.16. The maximum atomic E-state index is 12.9. The van der Waals surface area contributed by atoms with Crippen molar-refractivity contribution in [1.82, 2.24) is 14.8 Å². The van der Waals surface area contributed by atoms with Gasteiger partial charge in [0.15, 0.2) is 0 Å². The molecule has 2 aromatic heterocycles. The second-order valence-electron chi connectivity index (χ2n) is 7.36. The molecular weight excluding hydrogens is 390 g/mol. The predicted octanol–water partition coefficient (Wildman–Crippen LogP) is 3.01. The van der Waals surface area contributed by atoms with Crippen LogP contribution in [0.15, 0.2) is 29.2 Å². The highest BCUT2D eigenvalue weighted by atomic mass is 32.1. The zero-order valence-electron chi connectivity index (χ0n) is 16.4. The molecule has 0 saturated carbocycles. The molecule has 29 heavy (non-hydrogen) atoms. The van der Waals surface area contributed by atoms with Crippen LogP contribution >= 0.6 is 11.3 Å². The smallest absolute Gasteiger partial charge is 0.331 e. The fourth-order valence-electron chi connectivity index (χ4n) is 3.80. The molecule has 0 aromatic carbocycles. The number of rotatable bonds is 5. The molecule has 0 bridgehead atoms. The van der Waals surface area contributed by atoms with Gasteiger partial charge in [0.25, 0.3) is 11.8 Å². The highest BCUT2D eigenvalue weighted by molar-refractivity contribution is 7.09. The lowest BCUT2D eigenvalue weighted by Crippen LogP contribution is -2.53. The fourth-order valence-corrected chi connectivity index (χ4v) is 4.49. The Morgan fingerprint density at radius 2 is 2.14 bits per heavy atom. The van der Waals surface area contributed by atoms with E-state index in [1.165, 1.54) is 11.3 Å². The van der Waals surface area contributed by atoms with Crippen molar-refractivity contribution in [2.24, 2.45) is 0 Å². The van der Waals surface area contributed by atoms with Crippen LogP contribution < -0.4 is 5.32 Å². The number of amides is 4. The lowest BCUT2D eigenvalue weighted by atomic mass is 10.1. The molecule has 2 aromatic rings. The van der Waals surface area contributed by atoms with Crippen LogP contribution in [0.3, 0.4) is 0 Å². The number of urea groups is 1. The lowest BCUT2D eigenvalue weighted by molar-refractivity contribution is -0.130. The van der Waals surface area contributed by atoms with E-state index in [1.54, 1.807) is 6.08 Å². The van der Waals surface area contributed by atoms with Crippen LogP contribution in [0, 0.1) is 13.8 Å². The van der Waals surface area contributed by atoms with Crippen molar-refractivity contribution in [3.05, 3.63) is 51.0 Å². The number of aromatic nitrogens is 1. The van der Waals surface area contributed by atoms with Gasteiger partial charge >= 0.3 is 6.03 Å². The molecule has 0 unspecified atom stereocenters. The Morgan fingerprint density at radius 3 is 2.83 bits per heavy atom. The summed E-state index contributed by atoms with van der Waals surface area (Å²) in [6, 6.07) is 4.98. The molecule has 2 aliphatic rings. The van der Waals surface area contributed by atoms with E-state index in [0.29, 0.717) is 0 Å². The second kappa shape index (κ2) is 7.96. The van der Waals surface area contributed by atoms with E-state index in [2.05, 4.69) is 9.88 Å². The molecule has 4 rings (SSSR count). The first-order valence-corrected chi connectivity index (χ1v) is 10.5. The lowest BCUT2D eigenvalue weighted by Gasteiger charge is -2.25. The molecule has 4 amide bonds. The number of barbiturate groups is 1. The molecule has 2 fully saturated rings. The van der Waals surface area contributed by atoms with Crippen LogP contribution in [-0.2, 0) is 27.4 Å². The molecule has 4 heterocycles. The largest absolute Gasteiger partial charge is 0.376 e. The summed E-state index contributed by atoms with van der Waals surface area (Å²) >= 11 is 1.46. The molecule has 1 atom stereocenters. The number of aryl methyl sites for hydroxylation is 1. The summed E-state index contributed by atoms with van der Waals surface area (Å²) in [5.41, 5.74) is 2.77. The van der Waals surface area contributed by atoms with Crippen LogP contribution in [-0.4, -0.2) is 40.0 Å². The second-order valence-corrected chi connectivity index (χ2v) is 8.39. The number of hydrogen-bond acceptors (Lipinski definition) is 5. The molecule has 1 N–H and O–H groups in total. The van der Waals surface area contributed by atoms with E-state index < -0.39 is 17.8 Å². The van der Waals surface area contributed by atoms with Gasteiger partial charge in [0, 0.05) is 29.4 Å². The molecule has 0 spiro atoms. The quantitative estimate of drug-likeness (QED) is 0.604. The topological polar surface area (TPSA) is 80.6 Å². The summed E-state index contributed by atoms with van der Waals surface area (Å²) in [6.45, 7) is 5.66. The van der Waals surface area contributed by atoms with Gasteiger partial charge in [-0.1, -0.05) is 6.07 Å². The Bertz CT molecular complexity index is 984. The van der Waals surface area contributed by atoms with E-state index in [1.807, 2.05) is 37.4 Å². The van der Waals surface area contributed by atoms with Gasteiger partial charge < -0.3 is 9.30 Å². The molecule has 0 aliphatic carbocycles. The third kappa shape index (κ3) is 3.90. The number of nitrogens with zero attached hydrogens (tertiary/aromatic N) is 2. The minimum absolute atomic E-state index is 0.0291. The average Bonchev–Trinajstić information content (AvgIpc) is 3.42. The van der Waals surface area contributed by atoms with Crippen LogP contribution in [0.25, 0.3) is 6.08 Å². The molecular formula is C21H23N3O4S. The van der Waals surface area contributed by atoms with Gasteiger partial charge in [0.1, 0.15) is 5.57 Å². The summed E-state index contributed by atoms with van der Waals surface area (Å²) in [5.74, 6) is -1.23. The number of thiophene rings is 1. The monoisotopic (exact) mass is 413 g/mol. The predicted molar refractivity (Wildman–Crippen MR) is 109 cm³/mol. The molecule has 152 valence electrons. The Kier molecular flexibility index (Phi) is 5.38. The van der Waals surface area contributed by atoms with Gasteiger partial charge in [-0.15, -0.1) is 11.3 Å². The Hall–Kier alpha value is -2.71. The first-order chi connectivity index (χ1) is 13.9. The third-order valence-electron chi connectivity index (χ3n) is 5.40. The standard InChI is InChI=1S/C21H23N3O4S/c1-13-9-15(14(2)23(13)11-16-5-3-7-28-16)10-18-19(25)22-21(27)24(20(18)26)12-17-6-4-8-29-17/h4,6,8-10,16H,3,5,7,11-12H2,1-2H3,(H,22,25,27)/b18-10+/t16-/m0/s1. The minimum Gasteiger partial charge on any atom is -0.376 e. The summed E-state index contributed by atoms with van der Waals surface area (Å²) in [6.07, 6.45) is 3.89. The summed E-state index contributed by atoms with van der Waals surface area (Å²) in [7, 11) is 0. The summed E-state index contributed by atoms with van der Waals surface area (Å²) < 4.78 is 7.89. The third-order valence-corrected chi connectivity index (χ3v) is 6.26. The SMILES string of the molecule is Cc1cc(/C=C2\C(=O)NC(=O)N(Cc3cccs3)C2=O)c(C)n1C[C@@H]1CCCO1. The van der Waals surface area contributed by atoms with Crippen molar-refractivity contribution in [2.45, 2.75) is 45.9 Å². The molecule has 8 heteroatoms. The van der Waals surface area contributed by atoms with Crippen LogP contribution in [0.5, 0.6) is 0 Å². The van der Waals surface area contributed by atoms with Crippen molar-refractivity contribution in [2.75, 3.05) is 6.61 Å². The van der Waals surface area contributed by atoms with Crippen molar-refractivity contribution in [1.29, 1.82) is 0 Å². The van der Waals surface area contributed by atoms with Crippen molar-refractivity contribution in [3.63, 3.8) is 0 Å². The van der Waals surface area contributed by atoms with Gasteiger partial charge in [-0.2, -0.15) is 0 Å². The van der Waals surface area contributed by atoms with Gasteiger partial charge in [0.05, 0.1) is 12.6 Å². The highest BCUT2D eigenvalue weighted by Crippen LogP contribution is 2.24. The maximum absolute atomic E-state index is 12.9. The molecule has 0 radical (unpaired) electrons. The first-order valence-electron chi connectivity index (χ1n) is 9.63. The van der Waals surface area contributed by atoms with Gasteiger partial charge in [-0.3, -0.25) is 19.8 Å². The maximum Gasteiger partial charge on any atom is 0.331 e. The molecule has 2 aliphatic heterocycles. The molecule has 2 saturated heterocycles. The number of ether oxygens (including phenoxy) is 1. The van der Waals surface area contributed by atoms with E-state index >= 15 is 0 Å². The number of carbonyl (C=O) groups excluding carboxylic acids is 3. The Labute approximate surface area is 172 Å². The highest BCUT2D eigenvalue weighted by Gasteiger charge is 2.36. The number of imide groups is 2. The van der Waals surface area contributed by atoms with E-state index in [4.69, 9.17) is 4.74 Å². The number of carbonyl (C=O) groups is 3. The van der Waals surface area contributed by atoms with Crippen LogP contribution in [0.1, 0.15) is 34.7 Å². The van der Waals surface area contributed by atoms with Gasteiger partial charge in [-0.25, -0.2) is 4.79 Å². The van der Waals surface area contributed by atoms with Crippen molar-refractivity contribution < 1.29 is 19.1 Å². The zero-order valence-corrected chi connectivity index (χ0v) is 17.3. The fraction of sp³-hybridized carbons (Fsp3) is 0.381. The molecule has 7 nitrogen and oxygen atoms in total. The van der Waals surface area contributed by atoms with Crippen molar-refractivity contribution >= 4 is 35.3 Å². The van der Waals surface area contributed by atoms with Gasteiger partial charge in [0.2, 0.25) is 0 Å². The number of hydrogen-bond donors (Lipinski definition) is 1. The average molecular weight is 413 g/mol. The first kappa shape index (κ1) is 19.6. The Balaban J connectivity index is 1.61. The van der Waals surface area contributed by atoms with Crippen molar-refractivity contribution in [3.8, 4) is 0 Å². The van der Waals surface area contributed by atoms with E-state index in [9.17, 15) is 14.4 Å². The Morgan fingerprint density at radius 1 is 1.31 bits per heavy atom. The van der Waals surface area contributed by atoms with Gasteiger partial charge in [-0.05, 0) is 55.8 Å². The van der Waals surface area contributed by atoms with Crippen LogP contribution in [0.4, 0.5) is 4.79 Å². The van der Waals surface area contributed by atoms with Crippen LogP contribution in [0.2, 0.25) is 0 Å². The van der Waals surface area contributed by atoms with E-state index in [0.717, 1.165) is 52.7 Å². The summed E-state index contributed by atoms with van der Waals surface area (Å²) in [4.78, 5) is 39.4. The number of nitrogens with one attached hydrogen (secondary N) is 1. The normalized spacial score (nSPS) is 21.3.